The smallest absolute Gasteiger partial charge is 0.339 e. The number of hydrogen-bond acceptors (Lipinski definition) is 5. The van der Waals surface area contributed by atoms with Gasteiger partial charge in [0.05, 0.1) is 16.5 Å². The van der Waals surface area contributed by atoms with Crippen molar-refractivity contribution in [2.24, 2.45) is 0 Å². The molecule has 0 atom stereocenters. The summed E-state index contributed by atoms with van der Waals surface area (Å²) in [5.74, 6) is -1.59. The number of nitrogens with one attached hydrogen (secondary N) is 2. The Balaban J connectivity index is 1.41. The number of aromatic nitrogens is 4. The Hall–Kier alpha value is -3.83. The molecule has 12 heteroatoms. The normalized spacial score (nSPS) is 17.2. The van der Waals surface area contributed by atoms with Gasteiger partial charge in [-0.15, -0.1) is 5.10 Å². The van der Waals surface area contributed by atoms with Gasteiger partial charge in [0, 0.05) is 29.9 Å². The summed E-state index contributed by atoms with van der Waals surface area (Å²) in [6, 6.07) is 7.05. The van der Waals surface area contributed by atoms with Crippen LogP contribution in [0.3, 0.4) is 0 Å². The molecule has 2 saturated carbocycles. The van der Waals surface area contributed by atoms with Crippen molar-refractivity contribution in [3.8, 4) is 11.4 Å². The van der Waals surface area contributed by atoms with Crippen LogP contribution in [0.2, 0.25) is 0 Å². The molecule has 0 spiro atoms. The maximum Gasteiger partial charge on any atom is 0.416 e. The Labute approximate surface area is 215 Å². The summed E-state index contributed by atoms with van der Waals surface area (Å²) in [4.78, 5) is 28.4. The molecular weight excluding hydrogens is 504 g/mol. The third-order valence-corrected chi connectivity index (χ3v) is 7.55. The van der Waals surface area contributed by atoms with Gasteiger partial charge in [-0.3, -0.25) is 9.59 Å². The highest BCUT2D eigenvalue weighted by Crippen LogP contribution is 2.50. The van der Waals surface area contributed by atoms with Crippen LogP contribution in [-0.4, -0.2) is 50.4 Å². The van der Waals surface area contributed by atoms with E-state index in [1.807, 2.05) is 0 Å². The van der Waals surface area contributed by atoms with Crippen molar-refractivity contribution in [1.29, 1.82) is 0 Å². The summed E-state index contributed by atoms with van der Waals surface area (Å²) in [5.41, 5.74) is -1.41. The van der Waals surface area contributed by atoms with Crippen molar-refractivity contribution in [1.82, 2.24) is 25.5 Å². The number of rotatable bonds is 6. The van der Waals surface area contributed by atoms with E-state index in [4.69, 9.17) is 0 Å². The zero-order valence-corrected chi connectivity index (χ0v) is 20.6. The molecule has 0 bridgehead atoms. The molecule has 2 aliphatic carbocycles. The van der Waals surface area contributed by atoms with Crippen molar-refractivity contribution in [3.05, 3.63) is 58.9 Å². The number of aromatic amines is 1. The first-order valence-electron chi connectivity index (χ1n) is 12.4. The first-order valence-corrected chi connectivity index (χ1v) is 12.4. The minimum absolute atomic E-state index is 0.0800. The van der Waals surface area contributed by atoms with Crippen molar-refractivity contribution in [2.75, 3.05) is 12.4 Å². The minimum atomic E-state index is -4.69. The second-order valence-electron chi connectivity index (χ2n) is 9.95. The van der Waals surface area contributed by atoms with Crippen LogP contribution in [0.15, 0.2) is 36.4 Å². The Bertz CT molecular complexity index is 1350. The van der Waals surface area contributed by atoms with Gasteiger partial charge in [0.15, 0.2) is 5.82 Å². The number of anilines is 1. The van der Waals surface area contributed by atoms with E-state index in [0.29, 0.717) is 35.7 Å². The lowest BCUT2D eigenvalue weighted by atomic mass is 9.92. The molecule has 0 radical (unpaired) electrons. The lowest BCUT2D eigenvalue weighted by Crippen LogP contribution is -2.38. The summed E-state index contributed by atoms with van der Waals surface area (Å²) >= 11 is 0. The maximum atomic E-state index is 14.7. The summed E-state index contributed by atoms with van der Waals surface area (Å²) in [6.45, 7) is 0. The van der Waals surface area contributed by atoms with Gasteiger partial charge in [-0.05, 0) is 66.4 Å². The van der Waals surface area contributed by atoms with E-state index in [9.17, 15) is 27.2 Å². The van der Waals surface area contributed by atoms with Crippen molar-refractivity contribution >= 4 is 17.5 Å². The third kappa shape index (κ3) is 4.86. The van der Waals surface area contributed by atoms with Crippen LogP contribution >= 0.6 is 0 Å². The average molecular weight is 531 g/mol. The highest BCUT2D eigenvalue weighted by Gasteiger charge is 2.53. The second kappa shape index (κ2) is 9.80. The van der Waals surface area contributed by atoms with Crippen LogP contribution in [0.25, 0.3) is 11.4 Å². The van der Waals surface area contributed by atoms with Gasteiger partial charge in [0.1, 0.15) is 5.82 Å². The summed E-state index contributed by atoms with van der Waals surface area (Å²) in [5, 5.41) is 16.5. The number of H-pyrrole nitrogens is 1. The molecule has 3 aromatic rings. The molecule has 8 nitrogen and oxygen atoms in total. The van der Waals surface area contributed by atoms with Crippen LogP contribution in [0.4, 0.5) is 23.2 Å². The fourth-order valence-electron chi connectivity index (χ4n) is 5.18. The highest BCUT2D eigenvalue weighted by molar-refractivity contribution is 6.04. The first kappa shape index (κ1) is 25.8. The Morgan fingerprint density at radius 3 is 2.42 bits per heavy atom. The average Bonchev–Trinajstić information content (AvgIpc) is 3.53. The largest absolute Gasteiger partial charge is 0.416 e. The number of halogens is 4. The van der Waals surface area contributed by atoms with Gasteiger partial charge in [0.25, 0.3) is 5.91 Å². The predicted molar refractivity (Wildman–Crippen MR) is 130 cm³/mol. The SMILES string of the molecule is CN(C(=O)c1ccc(NC(=O)C2(c3ccc(C(F)(F)F)cc3F)CC2)cc1-c1nnn[nH]1)C1CCCCC1. The van der Waals surface area contributed by atoms with Gasteiger partial charge in [-0.1, -0.05) is 25.3 Å². The number of amides is 2. The topological polar surface area (TPSA) is 104 Å². The summed E-state index contributed by atoms with van der Waals surface area (Å²) < 4.78 is 53.6. The molecule has 2 N–H and O–H groups in total. The molecule has 0 unspecified atom stereocenters. The molecular formula is C26H26F4N6O2. The molecule has 2 fully saturated rings. The number of nitrogens with zero attached hydrogens (tertiary/aromatic N) is 4. The Kier molecular flexibility index (Phi) is 6.66. The van der Waals surface area contributed by atoms with E-state index in [-0.39, 0.29) is 23.3 Å². The monoisotopic (exact) mass is 530 g/mol. The van der Waals surface area contributed by atoms with E-state index >= 15 is 0 Å². The van der Waals surface area contributed by atoms with E-state index in [1.54, 1.807) is 30.1 Å². The minimum Gasteiger partial charge on any atom is -0.339 e. The molecule has 2 aromatic carbocycles. The molecule has 0 saturated heterocycles. The third-order valence-electron chi connectivity index (χ3n) is 7.55. The maximum absolute atomic E-state index is 14.7. The van der Waals surface area contributed by atoms with Gasteiger partial charge in [-0.25, -0.2) is 9.49 Å². The van der Waals surface area contributed by atoms with Crippen molar-refractivity contribution in [2.45, 2.75) is 62.6 Å². The molecule has 5 rings (SSSR count). The quantitative estimate of drug-likeness (QED) is 0.432. The predicted octanol–water partition coefficient (Wildman–Crippen LogP) is 5.10. The highest BCUT2D eigenvalue weighted by atomic mass is 19.4. The molecule has 2 aliphatic rings. The number of carbonyl (C=O) groups is 2. The summed E-state index contributed by atoms with van der Waals surface area (Å²) in [6.07, 6.45) is 1.04. The fourth-order valence-corrected chi connectivity index (χ4v) is 5.18. The van der Waals surface area contributed by atoms with Crippen LogP contribution < -0.4 is 5.32 Å². The zero-order valence-electron chi connectivity index (χ0n) is 20.6. The number of carbonyl (C=O) groups excluding carboxylic acids is 2. The van der Waals surface area contributed by atoms with Gasteiger partial charge >= 0.3 is 6.18 Å². The zero-order chi connectivity index (χ0) is 27.1. The summed E-state index contributed by atoms with van der Waals surface area (Å²) in [7, 11) is 1.77. The molecule has 0 aliphatic heterocycles. The van der Waals surface area contributed by atoms with Crippen molar-refractivity contribution < 1.29 is 27.2 Å². The van der Waals surface area contributed by atoms with E-state index in [0.717, 1.165) is 44.2 Å². The second-order valence-corrected chi connectivity index (χ2v) is 9.95. The fraction of sp³-hybridized carbons (Fsp3) is 0.423. The molecule has 1 heterocycles. The lowest BCUT2D eigenvalue weighted by Gasteiger charge is -2.31. The van der Waals surface area contributed by atoms with E-state index < -0.39 is 28.9 Å². The molecule has 200 valence electrons. The lowest BCUT2D eigenvalue weighted by molar-refractivity contribution is -0.137. The first-order chi connectivity index (χ1) is 18.1. The van der Waals surface area contributed by atoms with Crippen LogP contribution in [0.1, 0.15) is 66.4 Å². The Morgan fingerprint density at radius 2 is 1.82 bits per heavy atom. The van der Waals surface area contributed by atoms with Crippen LogP contribution in [0.5, 0.6) is 0 Å². The van der Waals surface area contributed by atoms with Gasteiger partial charge in [-0.2, -0.15) is 13.2 Å². The number of benzene rings is 2. The number of tetrazole rings is 1. The molecule has 38 heavy (non-hydrogen) atoms. The molecule has 1 aromatic heterocycles. The van der Waals surface area contributed by atoms with E-state index in [2.05, 4.69) is 25.9 Å². The van der Waals surface area contributed by atoms with Crippen LogP contribution in [-0.2, 0) is 16.4 Å². The standard InChI is InChI=1S/C26H26F4N6O2/c1-36(17-5-3-2-4-6-17)23(37)18-9-8-16(14-19(18)22-32-34-35-33-22)31-24(38)25(11-12-25)20-10-7-15(13-21(20)27)26(28,29)30/h7-10,13-14,17H,2-6,11-12H2,1H3,(H,31,38)(H,32,33,34,35). The number of alkyl halides is 3. The number of hydrogen-bond donors (Lipinski definition) is 2. The van der Waals surface area contributed by atoms with Gasteiger partial charge in [0.2, 0.25) is 5.91 Å². The van der Waals surface area contributed by atoms with Crippen molar-refractivity contribution in [3.63, 3.8) is 0 Å². The van der Waals surface area contributed by atoms with Crippen LogP contribution in [0, 0.1) is 5.82 Å². The van der Waals surface area contributed by atoms with Gasteiger partial charge < -0.3 is 10.2 Å². The Morgan fingerprint density at radius 1 is 1.08 bits per heavy atom. The molecule has 2 amide bonds. The van der Waals surface area contributed by atoms with E-state index in [1.165, 1.54) is 0 Å².